The maximum absolute atomic E-state index is 11.8. The van der Waals surface area contributed by atoms with Gasteiger partial charge in [0.15, 0.2) is 0 Å². The van der Waals surface area contributed by atoms with E-state index in [0.29, 0.717) is 24.4 Å². The summed E-state index contributed by atoms with van der Waals surface area (Å²) in [5.74, 6) is -0.193. The second-order valence-corrected chi connectivity index (χ2v) is 6.56. The summed E-state index contributed by atoms with van der Waals surface area (Å²) < 4.78 is 33.3. The van der Waals surface area contributed by atoms with E-state index >= 15 is 0 Å². The summed E-state index contributed by atoms with van der Waals surface area (Å²) in [4.78, 5) is 11.6. The summed E-state index contributed by atoms with van der Waals surface area (Å²) in [6.45, 7) is 6.47. The van der Waals surface area contributed by atoms with Crippen molar-refractivity contribution in [2.24, 2.45) is 5.92 Å². The Morgan fingerprint density at radius 3 is 2.38 bits per heavy atom. The second kappa shape index (κ2) is 7.99. The number of carbonyl (C=O) groups excluding carboxylic acids is 1. The molecule has 1 aromatic carbocycles. The van der Waals surface area contributed by atoms with Crippen molar-refractivity contribution in [2.75, 3.05) is 17.9 Å². The largest absolute Gasteiger partial charge is 0.462 e. The van der Waals surface area contributed by atoms with Gasteiger partial charge in [0.25, 0.3) is 10.2 Å². The highest BCUT2D eigenvalue weighted by Crippen LogP contribution is 2.12. The lowest BCUT2D eigenvalue weighted by molar-refractivity contribution is 0.0505. The fourth-order valence-electron chi connectivity index (χ4n) is 1.42. The number of rotatable bonds is 8. The average Bonchev–Trinajstić information content (AvgIpc) is 2.43. The molecule has 118 valence electrons. The van der Waals surface area contributed by atoms with E-state index in [-0.39, 0.29) is 5.92 Å². The molecule has 2 N–H and O–H groups in total. The Bertz CT molecular complexity index is 553. The molecule has 0 aromatic heterocycles. The quantitative estimate of drug-likeness (QED) is 0.720. The van der Waals surface area contributed by atoms with Crippen molar-refractivity contribution in [2.45, 2.75) is 27.2 Å². The van der Waals surface area contributed by atoms with Gasteiger partial charge in [-0.3, -0.25) is 4.72 Å². The van der Waals surface area contributed by atoms with E-state index in [4.69, 9.17) is 4.74 Å². The van der Waals surface area contributed by atoms with Gasteiger partial charge >= 0.3 is 5.97 Å². The zero-order chi connectivity index (χ0) is 15.9. The first kappa shape index (κ1) is 17.5. The SMILES string of the molecule is CCCOC(=O)c1ccc(NS(=O)(=O)NCC(C)C)cc1. The molecule has 0 amide bonds. The van der Waals surface area contributed by atoms with Crippen LogP contribution in [0.25, 0.3) is 0 Å². The lowest BCUT2D eigenvalue weighted by Crippen LogP contribution is -2.32. The van der Waals surface area contributed by atoms with E-state index in [1.807, 2.05) is 20.8 Å². The van der Waals surface area contributed by atoms with E-state index in [9.17, 15) is 13.2 Å². The smallest absolute Gasteiger partial charge is 0.338 e. The maximum atomic E-state index is 11.8. The molecule has 0 heterocycles. The van der Waals surface area contributed by atoms with Gasteiger partial charge < -0.3 is 4.74 Å². The van der Waals surface area contributed by atoms with Gasteiger partial charge in [0.1, 0.15) is 0 Å². The van der Waals surface area contributed by atoms with Crippen LogP contribution in [-0.2, 0) is 14.9 Å². The Morgan fingerprint density at radius 2 is 1.86 bits per heavy atom. The maximum Gasteiger partial charge on any atom is 0.338 e. The molecule has 0 aliphatic heterocycles. The Kier molecular flexibility index (Phi) is 6.64. The van der Waals surface area contributed by atoms with Crippen LogP contribution in [0.5, 0.6) is 0 Å². The van der Waals surface area contributed by atoms with Crippen LogP contribution in [0.3, 0.4) is 0 Å². The van der Waals surface area contributed by atoms with Crippen molar-refractivity contribution in [3.8, 4) is 0 Å². The molecule has 0 saturated carbocycles. The average molecular weight is 314 g/mol. The van der Waals surface area contributed by atoms with Gasteiger partial charge in [0, 0.05) is 12.2 Å². The van der Waals surface area contributed by atoms with E-state index < -0.39 is 16.2 Å². The van der Waals surface area contributed by atoms with Gasteiger partial charge in [-0.15, -0.1) is 0 Å². The number of benzene rings is 1. The topological polar surface area (TPSA) is 84.5 Å². The minimum Gasteiger partial charge on any atom is -0.462 e. The lowest BCUT2D eigenvalue weighted by Gasteiger charge is -2.11. The number of esters is 1. The Labute approximate surface area is 126 Å². The van der Waals surface area contributed by atoms with Gasteiger partial charge in [0.2, 0.25) is 0 Å². The van der Waals surface area contributed by atoms with Crippen molar-refractivity contribution < 1.29 is 17.9 Å². The molecule has 0 spiro atoms. The number of hydrogen-bond donors (Lipinski definition) is 2. The summed E-state index contributed by atoms with van der Waals surface area (Å²) in [5.41, 5.74) is 0.778. The Morgan fingerprint density at radius 1 is 1.24 bits per heavy atom. The molecule has 6 nitrogen and oxygen atoms in total. The van der Waals surface area contributed by atoms with Crippen molar-refractivity contribution in [1.29, 1.82) is 0 Å². The number of ether oxygens (including phenoxy) is 1. The molecule has 0 atom stereocenters. The Hall–Kier alpha value is -1.60. The lowest BCUT2D eigenvalue weighted by atomic mass is 10.2. The molecular weight excluding hydrogens is 292 g/mol. The molecule has 0 bridgehead atoms. The van der Waals surface area contributed by atoms with Crippen LogP contribution >= 0.6 is 0 Å². The first-order valence-corrected chi connectivity index (χ1v) is 8.37. The predicted molar refractivity (Wildman–Crippen MR) is 82.4 cm³/mol. The third-order valence-electron chi connectivity index (χ3n) is 2.49. The third-order valence-corrected chi connectivity index (χ3v) is 3.54. The third kappa shape index (κ3) is 6.59. The standard InChI is InChI=1S/C14H22N2O4S/c1-4-9-20-14(17)12-5-7-13(8-6-12)16-21(18,19)15-10-11(2)3/h5-8,11,15-16H,4,9-10H2,1-3H3. The normalized spacial score (nSPS) is 11.4. The molecular formula is C14H22N2O4S. The number of carbonyl (C=O) groups is 1. The van der Waals surface area contributed by atoms with Crippen molar-refractivity contribution >= 4 is 21.9 Å². The fraction of sp³-hybridized carbons (Fsp3) is 0.500. The van der Waals surface area contributed by atoms with E-state index in [2.05, 4.69) is 9.44 Å². The highest BCUT2D eigenvalue weighted by atomic mass is 32.2. The monoisotopic (exact) mass is 314 g/mol. The molecule has 0 aliphatic carbocycles. The van der Waals surface area contributed by atoms with E-state index in [1.54, 1.807) is 0 Å². The summed E-state index contributed by atoms with van der Waals surface area (Å²) >= 11 is 0. The molecule has 1 rings (SSSR count). The van der Waals surface area contributed by atoms with Gasteiger partial charge in [-0.2, -0.15) is 13.1 Å². The molecule has 21 heavy (non-hydrogen) atoms. The van der Waals surface area contributed by atoms with Crippen molar-refractivity contribution in [3.05, 3.63) is 29.8 Å². The van der Waals surface area contributed by atoms with Gasteiger partial charge in [0.05, 0.1) is 12.2 Å². The van der Waals surface area contributed by atoms with Gasteiger partial charge in [-0.1, -0.05) is 20.8 Å². The van der Waals surface area contributed by atoms with Crippen LogP contribution < -0.4 is 9.44 Å². The molecule has 0 unspecified atom stereocenters. The fourth-order valence-corrected chi connectivity index (χ4v) is 2.49. The van der Waals surface area contributed by atoms with Crippen LogP contribution in [-0.4, -0.2) is 27.5 Å². The summed E-state index contributed by atoms with van der Waals surface area (Å²) in [6, 6.07) is 6.10. The molecule has 7 heteroatoms. The zero-order valence-electron chi connectivity index (χ0n) is 12.5. The van der Waals surface area contributed by atoms with Crippen molar-refractivity contribution in [3.63, 3.8) is 0 Å². The number of hydrogen-bond acceptors (Lipinski definition) is 4. The summed E-state index contributed by atoms with van der Waals surface area (Å²) in [7, 11) is -3.59. The molecule has 1 aromatic rings. The highest BCUT2D eigenvalue weighted by Gasteiger charge is 2.11. The first-order valence-electron chi connectivity index (χ1n) is 6.88. The molecule has 0 radical (unpaired) electrons. The van der Waals surface area contributed by atoms with Crippen LogP contribution in [0.15, 0.2) is 24.3 Å². The van der Waals surface area contributed by atoms with Crippen LogP contribution in [0, 0.1) is 5.92 Å². The number of nitrogens with one attached hydrogen (secondary N) is 2. The minimum atomic E-state index is -3.59. The molecule has 0 saturated heterocycles. The van der Waals surface area contributed by atoms with Crippen LogP contribution in [0.1, 0.15) is 37.6 Å². The van der Waals surface area contributed by atoms with Gasteiger partial charge in [-0.05, 0) is 36.6 Å². The summed E-state index contributed by atoms with van der Waals surface area (Å²) in [5, 5.41) is 0. The molecule has 0 aliphatic rings. The molecule has 0 fully saturated rings. The summed E-state index contributed by atoms with van der Waals surface area (Å²) in [6.07, 6.45) is 0.755. The van der Waals surface area contributed by atoms with Gasteiger partial charge in [-0.25, -0.2) is 4.79 Å². The van der Waals surface area contributed by atoms with Crippen LogP contribution in [0.4, 0.5) is 5.69 Å². The zero-order valence-corrected chi connectivity index (χ0v) is 13.4. The minimum absolute atomic E-state index is 0.220. The second-order valence-electron chi connectivity index (χ2n) is 5.06. The predicted octanol–water partition coefficient (Wildman–Crippen LogP) is 2.16. The van der Waals surface area contributed by atoms with E-state index in [1.165, 1.54) is 24.3 Å². The highest BCUT2D eigenvalue weighted by molar-refractivity contribution is 7.90. The Balaban J connectivity index is 2.64. The van der Waals surface area contributed by atoms with Crippen LogP contribution in [0.2, 0.25) is 0 Å². The van der Waals surface area contributed by atoms with Crippen molar-refractivity contribution in [1.82, 2.24) is 4.72 Å². The first-order chi connectivity index (χ1) is 9.84. The number of anilines is 1. The van der Waals surface area contributed by atoms with E-state index in [0.717, 1.165) is 6.42 Å².